The Bertz CT molecular complexity index is 582. The van der Waals surface area contributed by atoms with Crippen LogP contribution in [0.2, 0.25) is 0 Å². The van der Waals surface area contributed by atoms with Crippen LogP contribution in [0.25, 0.3) is 11.6 Å². The zero-order valence-corrected chi connectivity index (χ0v) is 10.5. The van der Waals surface area contributed by atoms with E-state index in [0.29, 0.717) is 0 Å². The number of fused-ring (bicyclic) bond motifs is 1. The zero-order valence-electron chi connectivity index (χ0n) is 10.5. The summed E-state index contributed by atoms with van der Waals surface area (Å²) in [6.07, 6.45) is 4.43. The van der Waals surface area contributed by atoms with E-state index in [1.165, 1.54) is 33.9 Å². The summed E-state index contributed by atoms with van der Waals surface area (Å²) in [6.45, 7) is 4.39. The molecule has 1 nitrogen and oxygen atoms in total. The van der Waals surface area contributed by atoms with Crippen molar-refractivity contribution in [2.75, 3.05) is 0 Å². The number of aromatic nitrogens is 1. The normalized spacial score (nSPS) is 14.9. The molecule has 1 aliphatic rings. The molecule has 1 heteroatoms. The van der Waals surface area contributed by atoms with Gasteiger partial charge in [0, 0.05) is 24.9 Å². The smallest absolute Gasteiger partial charge is 0.0476 e. The third kappa shape index (κ3) is 1.46. The van der Waals surface area contributed by atoms with E-state index in [1.807, 2.05) is 0 Å². The Morgan fingerprint density at radius 3 is 2.41 bits per heavy atom. The van der Waals surface area contributed by atoms with Gasteiger partial charge >= 0.3 is 0 Å². The molecular weight excluding hydrogens is 206 g/mol. The topological polar surface area (TPSA) is 4.93 Å². The minimum absolute atomic E-state index is 1.33. The Labute approximate surface area is 102 Å². The summed E-state index contributed by atoms with van der Waals surface area (Å²) in [5.41, 5.74) is 6.73. The second kappa shape index (κ2) is 3.63. The fourth-order valence-corrected chi connectivity index (χ4v) is 2.68. The van der Waals surface area contributed by atoms with Gasteiger partial charge in [-0.25, -0.2) is 0 Å². The van der Waals surface area contributed by atoms with Crippen molar-refractivity contribution in [2.24, 2.45) is 7.05 Å². The predicted octanol–water partition coefficient (Wildman–Crippen LogP) is 3.83. The van der Waals surface area contributed by atoms with Gasteiger partial charge in [-0.05, 0) is 41.3 Å². The molecule has 0 fully saturated rings. The van der Waals surface area contributed by atoms with Crippen molar-refractivity contribution in [2.45, 2.75) is 13.8 Å². The van der Waals surface area contributed by atoms with Crippen LogP contribution in [-0.2, 0) is 7.05 Å². The van der Waals surface area contributed by atoms with E-state index in [-0.39, 0.29) is 0 Å². The standard InChI is InChI=1S/C16H16N/c1-11-8-9-17(3)16(11)15-10-13-6-4-5-7-14(13)12(15)2/h4-10H,1-3H3. The molecule has 0 atom stereocenters. The molecule has 1 heterocycles. The van der Waals surface area contributed by atoms with Crippen molar-refractivity contribution in [3.05, 3.63) is 64.8 Å². The van der Waals surface area contributed by atoms with Crippen LogP contribution in [0.3, 0.4) is 0 Å². The van der Waals surface area contributed by atoms with Crippen LogP contribution in [0.4, 0.5) is 0 Å². The van der Waals surface area contributed by atoms with Crippen molar-refractivity contribution < 1.29 is 0 Å². The van der Waals surface area contributed by atoms with Gasteiger partial charge in [-0.3, -0.25) is 0 Å². The minimum Gasteiger partial charge on any atom is -0.351 e. The van der Waals surface area contributed by atoms with Crippen molar-refractivity contribution in [3.8, 4) is 0 Å². The second-order valence-corrected chi connectivity index (χ2v) is 4.73. The number of nitrogens with zero attached hydrogens (tertiary/aromatic N) is 1. The first kappa shape index (κ1) is 10.4. The Kier molecular flexibility index (Phi) is 2.22. The summed E-state index contributed by atoms with van der Waals surface area (Å²) in [5, 5.41) is 0. The van der Waals surface area contributed by atoms with Gasteiger partial charge in [-0.15, -0.1) is 0 Å². The van der Waals surface area contributed by atoms with E-state index in [2.05, 4.69) is 68.1 Å². The Balaban J connectivity index is 2.15. The zero-order chi connectivity index (χ0) is 12.0. The maximum atomic E-state index is 2.30. The summed E-state index contributed by atoms with van der Waals surface area (Å²) >= 11 is 0. The average Bonchev–Trinajstić information content (AvgIpc) is 2.82. The number of rotatable bonds is 1. The van der Waals surface area contributed by atoms with Crippen LogP contribution >= 0.6 is 0 Å². The molecule has 0 saturated heterocycles. The number of hydrogen-bond donors (Lipinski definition) is 0. The first-order valence-electron chi connectivity index (χ1n) is 5.96. The minimum atomic E-state index is 1.33. The van der Waals surface area contributed by atoms with Gasteiger partial charge in [0.15, 0.2) is 0 Å². The molecule has 0 bridgehead atoms. The van der Waals surface area contributed by atoms with Gasteiger partial charge in [0.25, 0.3) is 0 Å². The molecule has 17 heavy (non-hydrogen) atoms. The van der Waals surface area contributed by atoms with E-state index >= 15 is 0 Å². The molecule has 1 aromatic heterocycles. The largest absolute Gasteiger partial charge is 0.351 e. The van der Waals surface area contributed by atoms with Crippen molar-refractivity contribution in [3.63, 3.8) is 0 Å². The molecule has 85 valence electrons. The van der Waals surface area contributed by atoms with Crippen molar-refractivity contribution in [1.82, 2.24) is 4.57 Å². The predicted molar refractivity (Wildman–Crippen MR) is 72.5 cm³/mol. The van der Waals surface area contributed by atoms with E-state index < -0.39 is 0 Å². The van der Waals surface area contributed by atoms with E-state index in [0.717, 1.165) is 0 Å². The number of allylic oxidation sites excluding steroid dienone is 1. The van der Waals surface area contributed by atoms with Crippen LogP contribution in [0.5, 0.6) is 0 Å². The summed E-state index contributed by atoms with van der Waals surface area (Å²) in [5.74, 6) is 1.38. The molecule has 0 unspecified atom stereocenters. The molecule has 1 aromatic carbocycles. The molecule has 0 spiro atoms. The number of hydrogen-bond acceptors (Lipinski definition) is 0. The van der Waals surface area contributed by atoms with Crippen LogP contribution < -0.4 is 0 Å². The van der Waals surface area contributed by atoms with Crippen LogP contribution in [0, 0.1) is 12.8 Å². The van der Waals surface area contributed by atoms with Gasteiger partial charge in [0.2, 0.25) is 0 Å². The Morgan fingerprint density at radius 2 is 1.76 bits per heavy atom. The summed E-state index contributed by atoms with van der Waals surface area (Å²) in [7, 11) is 2.11. The number of aryl methyl sites for hydroxylation is 2. The maximum absolute atomic E-state index is 2.30. The van der Waals surface area contributed by atoms with Crippen molar-refractivity contribution >= 4 is 11.6 Å². The highest BCUT2D eigenvalue weighted by atomic mass is 14.9. The lowest BCUT2D eigenvalue weighted by Gasteiger charge is -2.13. The SMILES string of the molecule is C[C]1C(c2c(C)ccn2C)=Cc2ccccc21. The monoisotopic (exact) mass is 222 g/mol. The summed E-state index contributed by atoms with van der Waals surface area (Å²) in [4.78, 5) is 0. The third-order valence-corrected chi connectivity index (χ3v) is 3.60. The average molecular weight is 222 g/mol. The molecule has 3 rings (SSSR count). The lowest BCUT2D eigenvalue weighted by molar-refractivity contribution is 0.902. The molecule has 0 saturated carbocycles. The second-order valence-electron chi connectivity index (χ2n) is 4.73. The summed E-state index contributed by atoms with van der Waals surface area (Å²) in [6, 6.07) is 10.8. The number of benzene rings is 1. The summed E-state index contributed by atoms with van der Waals surface area (Å²) < 4.78 is 2.20. The third-order valence-electron chi connectivity index (χ3n) is 3.60. The van der Waals surface area contributed by atoms with E-state index in [9.17, 15) is 0 Å². The van der Waals surface area contributed by atoms with Gasteiger partial charge in [0.1, 0.15) is 0 Å². The van der Waals surface area contributed by atoms with Crippen LogP contribution in [-0.4, -0.2) is 4.57 Å². The highest BCUT2D eigenvalue weighted by Crippen LogP contribution is 2.41. The van der Waals surface area contributed by atoms with Gasteiger partial charge in [0.05, 0.1) is 0 Å². The van der Waals surface area contributed by atoms with Gasteiger partial charge < -0.3 is 4.57 Å². The van der Waals surface area contributed by atoms with Crippen LogP contribution in [0.1, 0.15) is 29.3 Å². The molecule has 2 aromatic rings. The highest BCUT2D eigenvalue weighted by Gasteiger charge is 2.24. The maximum Gasteiger partial charge on any atom is 0.0476 e. The van der Waals surface area contributed by atoms with E-state index in [4.69, 9.17) is 0 Å². The van der Waals surface area contributed by atoms with Crippen LogP contribution in [0.15, 0.2) is 36.5 Å². The fraction of sp³-hybridized carbons (Fsp3) is 0.188. The molecule has 0 N–H and O–H groups in total. The van der Waals surface area contributed by atoms with E-state index in [1.54, 1.807) is 0 Å². The van der Waals surface area contributed by atoms with Crippen molar-refractivity contribution in [1.29, 1.82) is 0 Å². The van der Waals surface area contributed by atoms with Gasteiger partial charge in [-0.1, -0.05) is 31.2 Å². The molecular formula is C16H16N. The quantitative estimate of drug-likeness (QED) is 0.691. The molecule has 1 aliphatic carbocycles. The van der Waals surface area contributed by atoms with Gasteiger partial charge in [-0.2, -0.15) is 0 Å². The fourth-order valence-electron chi connectivity index (χ4n) is 2.68. The highest BCUT2D eigenvalue weighted by molar-refractivity contribution is 5.97. The first-order chi connectivity index (χ1) is 8.18. The Hall–Kier alpha value is -1.76. The lowest BCUT2D eigenvalue weighted by atomic mass is 9.95. The lowest BCUT2D eigenvalue weighted by Crippen LogP contribution is -2.00. The first-order valence-corrected chi connectivity index (χ1v) is 5.96. The molecule has 0 amide bonds. The Morgan fingerprint density at radius 1 is 1.00 bits per heavy atom. The molecule has 1 radical (unpaired) electrons. The molecule has 0 aliphatic heterocycles.